The van der Waals surface area contributed by atoms with Gasteiger partial charge in [0.1, 0.15) is 0 Å². The number of amides is 1. The lowest BCUT2D eigenvalue weighted by Crippen LogP contribution is -2.56. The minimum absolute atomic E-state index is 0.325. The van der Waals surface area contributed by atoms with Gasteiger partial charge in [0.2, 0.25) is 0 Å². The Morgan fingerprint density at radius 1 is 1.33 bits per heavy atom. The Balaban J connectivity index is 2.61. The molecule has 1 aliphatic carbocycles. The van der Waals surface area contributed by atoms with E-state index in [1.165, 1.54) is 12.8 Å². The topological polar surface area (TPSA) is 64.3 Å². The van der Waals surface area contributed by atoms with Gasteiger partial charge < -0.3 is 15.8 Å². The molecule has 5 heteroatoms. The van der Waals surface area contributed by atoms with Gasteiger partial charge in [0.15, 0.2) is 0 Å². The van der Waals surface area contributed by atoms with Crippen molar-refractivity contribution in [3.05, 3.63) is 0 Å². The molecule has 0 unspecified atom stereocenters. The second-order valence-electron chi connectivity index (χ2n) is 5.48. The van der Waals surface area contributed by atoms with E-state index in [9.17, 15) is 4.79 Å². The van der Waals surface area contributed by atoms with E-state index in [0.29, 0.717) is 17.5 Å². The van der Waals surface area contributed by atoms with Gasteiger partial charge in [-0.2, -0.15) is 0 Å². The molecule has 1 fully saturated rings. The SMILES string of the molecule is CC(C)COC(=O)NC1(C(N)=S)CCCCCC1. The summed E-state index contributed by atoms with van der Waals surface area (Å²) in [4.78, 5) is 12.2. The van der Waals surface area contributed by atoms with Gasteiger partial charge in [-0.3, -0.25) is 0 Å². The van der Waals surface area contributed by atoms with Gasteiger partial charge in [-0.1, -0.05) is 51.7 Å². The Kier molecular flexibility index (Phi) is 5.85. The van der Waals surface area contributed by atoms with Crippen molar-refractivity contribution in [3.8, 4) is 0 Å². The summed E-state index contributed by atoms with van der Waals surface area (Å²) in [5.41, 5.74) is 5.30. The molecule has 0 aliphatic heterocycles. The molecule has 1 rings (SSSR count). The van der Waals surface area contributed by atoms with Crippen molar-refractivity contribution in [2.24, 2.45) is 11.7 Å². The zero-order valence-electron chi connectivity index (χ0n) is 11.3. The van der Waals surface area contributed by atoms with Crippen LogP contribution in [-0.4, -0.2) is 23.2 Å². The molecule has 0 saturated heterocycles. The Morgan fingerprint density at radius 3 is 2.33 bits per heavy atom. The molecule has 0 bridgehead atoms. The van der Waals surface area contributed by atoms with Gasteiger partial charge in [0.25, 0.3) is 0 Å². The average Bonchev–Trinajstić information content (AvgIpc) is 2.53. The smallest absolute Gasteiger partial charge is 0.407 e. The highest BCUT2D eigenvalue weighted by atomic mass is 32.1. The van der Waals surface area contributed by atoms with E-state index in [1.54, 1.807) is 0 Å². The van der Waals surface area contributed by atoms with Crippen molar-refractivity contribution in [1.82, 2.24) is 5.32 Å². The molecule has 1 amide bonds. The summed E-state index contributed by atoms with van der Waals surface area (Å²) in [6, 6.07) is 0. The lowest BCUT2D eigenvalue weighted by Gasteiger charge is -2.32. The van der Waals surface area contributed by atoms with Crippen molar-refractivity contribution in [1.29, 1.82) is 0 Å². The van der Waals surface area contributed by atoms with Crippen LogP contribution in [-0.2, 0) is 4.74 Å². The van der Waals surface area contributed by atoms with Crippen LogP contribution >= 0.6 is 12.2 Å². The standard InChI is InChI=1S/C13H24N2O2S/c1-10(2)9-17-12(16)15-13(11(14)18)7-5-3-4-6-8-13/h10H,3-9H2,1-2H3,(H2,14,18)(H,15,16). The highest BCUT2D eigenvalue weighted by Gasteiger charge is 2.36. The molecular weight excluding hydrogens is 248 g/mol. The number of ether oxygens (including phenoxy) is 1. The van der Waals surface area contributed by atoms with Gasteiger partial charge >= 0.3 is 6.09 Å². The Labute approximate surface area is 115 Å². The molecule has 4 nitrogen and oxygen atoms in total. The van der Waals surface area contributed by atoms with Crippen LogP contribution in [0.2, 0.25) is 0 Å². The van der Waals surface area contributed by atoms with E-state index >= 15 is 0 Å². The molecule has 3 N–H and O–H groups in total. The zero-order chi connectivity index (χ0) is 13.6. The fraction of sp³-hybridized carbons (Fsp3) is 0.846. The van der Waals surface area contributed by atoms with Crippen LogP contribution in [0.1, 0.15) is 52.4 Å². The molecule has 0 aromatic carbocycles. The van der Waals surface area contributed by atoms with Crippen LogP contribution in [0.15, 0.2) is 0 Å². The number of rotatable bonds is 4. The predicted octanol–water partition coefficient (Wildman–Crippen LogP) is 2.75. The van der Waals surface area contributed by atoms with Crippen molar-refractivity contribution in [3.63, 3.8) is 0 Å². The van der Waals surface area contributed by atoms with Crippen molar-refractivity contribution < 1.29 is 9.53 Å². The number of thiocarbonyl (C=S) groups is 1. The third kappa shape index (κ3) is 4.44. The number of nitrogens with two attached hydrogens (primary N) is 1. The first kappa shape index (κ1) is 15.2. The van der Waals surface area contributed by atoms with Crippen LogP contribution in [0.25, 0.3) is 0 Å². The maximum Gasteiger partial charge on any atom is 0.407 e. The third-order valence-electron chi connectivity index (χ3n) is 3.32. The number of hydrogen-bond donors (Lipinski definition) is 2. The van der Waals surface area contributed by atoms with Gasteiger partial charge in [-0.25, -0.2) is 4.79 Å². The predicted molar refractivity (Wildman–Crippen MR) is 76.5 cm³/mol. The van der Waals surface area contributed by atoms with Crippen molar-refractivity contribution in [2.75, 3.05) is 6.61 Å². The Morgan fingerprint density at radius 2 is 1.89 bits per heavy atom. The minimum Gasteiger partial charge on any atom is -0.449 e. The summed E-state index contributed by atoms with van der Waals surface area (Å²) in [6.07, 6.45) is 5.67. The average molecular weight is 272 g/mol. The summed E-state index contributed by atoms with van der Waals surface area (Å²) < 4.78 is 5.16. The first-order chi connectivity index (χ1) is 8.46. The van der Waals surface area contributed by atoms with Gasteiger partial charge in [-0.05, 0) is 18.8 Å². The molecule has 0 spiro atoms. The van der Waals surface area contributed by atoms with Crippen LogP contribution in [0.3, 0.4) is 0 Å². The van der Waals surface area contributed by atoms with Gasteiger partial charge in [0, 0.05) is 0 Å². The normalized spacial score (nSPS) is 19.1. The highest BCUT2D eigenvalue weighted by molar-refractivity contribution is 7.80. The highest BCUT2D eigenvalue weighted by Crippen LogP contribution is 2.27. The third-order valence-corrected chi connectivity index (χ3v) is 3.71. The second-order valence-corrected chi connectivity index (χ2v) is 5.92. The molecule has 18 heavy (non-hydrogen) atoms. The summed E-state index contributed by atoms with van der Waals surface area (Å²) in [5, 5.41) is 2.90. The first-order valence-electron chi connectivity index (χ1n) is 6.71. The molecule has 0 heterocycles. The fourth-order valence-corrected chi connectivity index (χ4v) is 2.49. The number of nitrogens with one attached hydrogen (secondary N) is 1. The van der Waals surface area contributed by atoms with Crippen LogP contribution < -0.4 is 11.1 Å². The number of hydrogen-bond acceptors (Lipinski definition) is 3. The van der Waals surface area contributed by atoms with Gasteiger partial charge in [0.05, 0.1) is 17.1 Å². The summed E-state index contributed by atoms with van der Waals surface area (Å²) in [6.45, 7) is 4.42. The maximum absolute atomic E-state index is 11.8. The molecule has 104 valence electrons. The van der Waals surface area contributed by atoms with Crippen molar-refractivity contribution >= 4 is 23.3 Å². The molecule has 1 aliphatic rings. The molecule has 0 radical (unpaired) electrons. The van der Waals surface area contributed by atoms with Crippen LogP contribution in [0.5, 0.6) is 0 Å². The molecule has 0 atom stereocenters. The van der Waals surface area contributed by atoms with E-state index in [-0.39, 0.29) is 0 Å². The van der Waals surface area contributed by atoms with E-state index in [4.69, 9.17) is 22.7 Å². The lowest BCUT2D eigenvalue weighted by molar-refractivity contribution is 0.124. The zero-order valence-corrected chi connectivity index (χ0v) is 12.1. The molecular formula is C13H24N2O2S. The maximum atomic E-state index is 11.8. The quantitative estimate of drug-likeness (QED) is 0.610. The molecule has 0 aromatic rings. The van der Waals surface area contributed by atoms with Gasteiger partial charge in [-0.15, -0.1) is 0 Å². The number of carbonyl (C=O) groups excluding carboxylic acids is 1. The molecule has 0 aromatic heterocycles. The molecule has 1 saturated carbocycles. The van der Waals surface area contributed by atoms with E-state index in [2.05, 4.69) is 5.32 Å². The van der Waals surface area contributed by atoms with E-state index in [1.807, 2.05) is 13.8 Å². The summed E-state index contributed by atoms with van der Waals surface area (Å²) >= 11 is 5.15. The lowest BCUT2D eigenvalue weighted by atomic mass is 9.90. The summed E-state index contributed by atoms with van der Waals surface area (Å²) in [5.74, 6) is 0.325. The monoisotopic (exact) mass is 272 g/mol. The Bertz CT molecular complexity index is 297. The fourth-order valence-electron chi connectivity index (χ4n) is 2.24. The van der Waals surface area contributed by atoms with E-state index < -0.39 is 11.6 Å². The number of alkyl carbamates (subject to hydrolysis) is 1. The largest absolute Gasteiger partial charge is 0.449 e. The van der Waals surface area contributed by atoms with Crippen LogP contribution in [0.4, 0.5) is 4.79 Å². The van der Waals surface area contributed by atoms with Crippen molar-refractivity contribution in [2.45, 2.75) is 57.9 Å². The summed E-state index contributed by atoms with van der Waals surface area (Å²) in [7, 11) is 0. The minimum atomic E-state index is -0.542. The Hall–Kier alpha value is -0.840. The first-order valence-corrected chi connectivity index (χ1v) is 7.12. The van der Waals surface area contributed by atoms with Crippen LogP contribution in [0, 0.1) is 5.92 Å². The number of carbonyl (C=O) groups is 1. The van der Waals surface area contributed by atoms with E-state index in [0.717, 1.165) is 25.7 Å². The second kappa shape index (κ2) is 6.92.